The number of piperazine rings is 2. The van der Waals surface area contributed by atoms with Gasteiger partial charge < -0.3 is 20.0 Å². The topological polar surface area (TPSA) is 38.8 Å². The van der Waals surface area contributed by atoms with Crippen molar-refractivity contribution in [3.05, 3.63) is 34.9 Å². The van der Waals surface area contributed by atoms with Crippen LogP contribution in [0.15, 0.2) is 24.3 Å². The Morgan fingerprint density at radius 3 is 2.44 bits per heavy atom. The summed E-state index contributed by atoms with van der Waals surface area (Å²) in [7, 11) is 0. The van der Waals surface area contributed by atoms with E-state index in [0.29, 0.717) is 6.42 Å². The third-order valence-electron chi connectivity index (χ3n) is 5.38. The summed E-state index contributed by atoms with van der Waals surface area (Å²) in [6, 6.07) is 7.90. The molecule has 0 bridgehead atoms. The van der Waals surface area contributed by atoms with Crippen molar-refractivity contribution in [2.45, 2.75) is 19.4 Å². The molecule has 3 rings (SSSR count). The smallest absolute Gasteiger partial charge is 0.224 e. The van der Waals surface area contributed by atoms with Crippen LogP contribution in [0.4, 0.5) is 0 Å². The average molecular weight is 438 g/mol. The summed E-state index contributed by atoms with van der Waals surface area (Å²) in [4.78, 5) is 19.8. The Labute approximate surface area is 180 Å². The zero-order valence-corrected chi connectivity index (χ0v) is 18.3. The number of rotatable bonds is 5. The molecule has 0 spiro atoms. The number of carbonyl (C=O) groups is 1. The Balaban J connectivity index is 0.00000182. The molecular weight excluding hydrogens is 407 g/mol. The van der Waals surface area contributed by atoms with Gasteiger partial charge in [0.2, 0.25) is 5.91 Å². The molecule has 1 aromatic rings. The monoisotopic (exact) mass is 436 g/mol. The van der Waals surface area contributed by atoms with Gasteiger partial charge in [-0.25, -0.2) is 0 Å². The molecule has 0 saturated carbocycles. The number of nitrogens with one attached hydrogen (secondary N) is 1. The second-order valence-corrected chi connectivity index (χ2v) is 7.26. The molecule has 2 heterocycles. The third kappa shape index (κ3) is 6.48. The van der Waals surface area contributed by atoms with Gasteiger partial charge in [-0.2, -0.15) is 0 Å². The lowest BCUT2D eigenvalue weighted by atomic mass is 10.0. The molecule has 0 radical (unpaired) electrons. The van der Waals surface area contributed by atoms with Gasteiger partial charge >= 0.3 is 0 Å². The molecule has 1 unspecified atom stereocenters. The number of carbonyl (C=O) groups excluding carboxylic acids is 1. The number of hydrogen-bond donors (Lipinski definition) is 1. The molecule has 1 atom stereocenters. The zero-order valence-electron chi connectivity index (χ0n) is 15.9. The second-order valence-electron chi connectivity index (χ2n) is 6.85. The highest BCUT2D eigenvalue weighted by Gasteiger charge is 2.29. The van der Waals surface area contributed by atoms with E-state index in [9.17, 15) is 4.79 Å². The van der Waals surface area contributed by atoms with Crippen molar-refractivity contribution in [1.29, 1.82) is 0 Å². The molecule has 0 aromatic heterocycles. The highest BCUT2D eigenvalue weighted by Crippen LogP contribution is 2.28. The summed E-state index contributed by atoms with van der Waals surface area (Å²) in [6.07, 6.45) is 0.590. The molecule has 2 fully saturated rings. The van der Waals surface area contributed by atoms with Crippen LogP contribution >= 0.6 is 36.4 Å². The maximum atomic E-state index is 12.9. The standard InChI is InChI=1S/C19H29ClN4O.2ClH/c1-2-22-11-13-23(14-12-22)9-7-19(25)24-10-8-21-15-18(24)16-5-3-4-6-17(16)20;;/h3-6,18,21H,2,7-15H2,1H3;2*1H. The van der Waals surface area contributed by atoms with Gasteiger partial charge in [-0.3, -0.25) is 4.79 Å². The number of halogens is 3. The van der Waals surface area contributed by atoms with E-state index in [1.165, 1.54) is 0 Å². The van der Waals surface area contributed by atoms with Gasteiger partial charge in [-0.15, -0.1) is 24.8 Å². The largest absolute Gasteiger partial charge is 0.333 e. The van der Waals surface area contributed by atoms with Crippen LogP contribution in [0.25, 0.3) is 0 Å². The van der Waals surface area contributed by atoms with Crippen molar-refractivity contribution in [2.75, 3.05) is 58.9 Å². The molecule has 2 aliphatic rings. The summed E-state index contributed by atoms with van der Waals surface area (Å²) in [5.74, 6) is 0.240. The molecule has 1 N–H and O–H groups in total. The molecular formula is C19H31Cl3N4O. The van der Waals surface area contributed by atoms with E-state index in [1.807, 2.05) is 29.2 Å². The molecule has 154 valence electrons. The van der Waals surface area contributed by atoms with Gasteiger partial charge in [0.15, 0.2) is 0 Å². The molecule has 27 heavy (non-hydrogen) atoms. The van der Waals surface area contributed by atoms with Gasteiger partial charge in [0.05, 0.1) is 6.04 Å². The minimum Gasteiger partial charge on any atom is -0.333 e. The van der Waals surface area contributed by atoms with Crippen LogP contribution in [0.1, 0.15) is 24.9 Å². The Morgan fingerprint density at radius 1 is 1.11 bits per heavy atom. The van der Waals surface area contributed by atoms with Crippen LogP contribution in [-0.4, -0.2) is 79.5 Å². The maximum absolute atomic E-state index is 12.9. The summed E-state index contributed by atoms with van der Waals surface area (Å²) < 4.78 is 0. The van der Waals surface area contributed by atoms with Crippen LogP contribution in [0.3, 0.4) is 0 Å². The maximum Gasteiger partial charge on any atom is 0.224 e. The third-order valence-corrected chi connectivity index (χ3v) is 5.73. The predicted octanol–water partition coefficient (Wildman–Crippen LogP) is 2.68. The number of nitrogens with zero attached hydrogens (tertiary/aromatic N) is 3. The number of amides is 1. The van der Waals surface area contributed by atoms with E-state index in [1.54, 1.807) is 0 Å². The molecule has 2 saturated heterocycles. The van der Waals surface area contributed by atoms with Crippen molar-refractivity contribution in [3.8, 4) is 0 Å². The fourth-order valence-electron chi connectivity index (χ4n) is 3.75. The molecule has 1 aromatic carbocycles. The molecule has 2 aliphatic heterocycles. The fraction of sp³-hybridized carbons (Fsp3) is 0.632. The van der Waals surface area contributed by atoms with Crippen molar-refractivity contribution in [1.82, 2.24) is 20.0 Å². The van der Waals surface area contributed by atoms with E-state index in [0.717, 1.165) is 69.5 Å². The molecule has 5 nitrogen and oxygen atoms in total. The van der Waals surface area contributed by atoms with Crippen LogP contribution in [-0.2, 0) is 4.79 Å². The van der Waals surface area contributed by atoms with Crippen LogP contribution in [0.5, 0.6) is 0 Å². The van der Waals surface area contributed by atoms with Gasteiger partial charge in [0.25, 0.3) is 0 Å². The first-order valence-electron chi connectivity index (χ1n) is 9.38. The van der Waals surface area contributed by atoms with Gasteiger partial charge in [-0.1, -0.05) is 36.7 Å². The summed E-state index contributed by atoms with van der Waals surface area (Å²) in [5, 5.41) is 4.13. The van der Waals surface area contributed by atoms with Crippen LogP contribution < -0.4 is 5.32 Å². The Morgan fingerprint density at radius 2 is 1.78 bits per heavy atom. The molecule has 8 heteroatoms. The van der Waals surface area contributed by atoms with Crippen LogP contribution in [0, 0.1) is 0 Å². The fourth-order valence-corrected chi connectivity index (χ4v) is 4.01. The summed E-state index contributed by atoms with van der Waals surface area (Å²) in [5.41, 5.74) is 1.04. The SMILES string of the molecule is CCN1CCN(CCC(=O)N2CCNCC2c2ccccc2Cl)CC1.Cl.Cl. The van der Waals surface area contributed by atoms with Crippen LogP contribution in [0.2, 0.25) is 5.02 Å². The lowest BCUT2D eigenvalue weighted by molar-refractivity contribution is -0.135. The minimum atomic E-state index is 0. The van der Waals surface area contributed by atoms with Crippen molar-refractivity contribution >= 4 is 42.3 Å². The van der Waals surface area contributed by atoms with Crippen molar-refractivity contribution in [2.24, 2.45) is 0 Å². The van der Waals surface area contributed by atoms with E-state index < -0.39 is 0 Å². The van der Waals surface area contributed by atoms with Gasteiger partial charge in [0.1, 0.15) is 0 Å². The van der Waals surface area contributed by atoms with E-state index in [4.69, 9.17) is 11.6 Å². The number of likely N-dealkylation sites (N-methyl/N-ethyl adjacent to an activating group) is 1. The lowest BCUT2D eigenvalue weighted by Gasteiger charge is -2.38. The Bertz CT molecular complexity index is 582. The normalized spacial score (nSPS) is 21.3. The molecule has 0 aliphatic carbocycles. The van der Waals surface area contributed by atoms with Gasteiger partial charge in [0, 0.05) is 63.8 Å². The van der Waals surface area contributed by atoms with E-state index in [2.05, 4.69) is 22.0 Å². The summed E-state index contributed by atoms with van der Waals surface area (Å²) in [6.45, 7) is 10.9. The minimum absolute atomic E-state index is 0. The van der Waals surface area contributed by atoms with E-state index >= 15 is 0 Å². The van der Waals surface area contributed by atoms with Gasteiger partial charge in [-0.05, 0) is 18.2 Å². The Kier molecular flexibility index (Phi) is 11.0. The first-order valence-corrected chi connectivity index (χ1v) is 9.76. The number of benzene rings is 1. The zero-order chi connectivity index (χ0) is 17.6. The second kappa shape index (κ2) is 12.1. The highest BCUT2D eigenvalue weighted by molar-refractivity contribution is 6.31. The number of hydrogen-bond acceptors (Lipinski definition) is 4. The van der Waals surface area contributed by atoms with E-state index in [-0.39, 0.29) is 36.8 Å². The average Bonchev–Trinajstić information content (AvgIpc) is 2.67. The first kappa shape index (κ1) is 24.5. The quantitative estimate of drug-likeness (QED) is 0.769. The highest BCUT2D eigenvalue weighted by atomic mass is 35.5. The first-order chi connectivity index (χ1) is 12.2. The Hall–Kier alpha value is -0.560. The van der Waals surface area contributed by atoms with Crippen molar-refractivity contribution < 1.29 is 4.79 Å². The predicted molar refractivity (Wildman–Crippen MR) is 116 cm³/mol. The summed E-state index contributed by atoms with van der Waals surface area (Å²) >= 11 is 6.38. The molecule has 1 amide bonds. The van der Waals surface area contributed by atoms with Crippen molar-refractivity contribution in [3.63, 3.8) is 0 Å². The lowest BCUT2D eigenvalue weighted by Crippen LogP contribution is -2.50.